The summed E-state index contributed by atoms with van der Waals surface area (Å²) in [5.41, 5.74) is 0.984. The summed E-state index contributed by atoms with van der Waals surface area (Å²) in [6.45, 7) is 7.10. The number of nitrogens with zero attached hydrogens (tertiary/aromatic N) is 3. The zero-order valence-corrected chi connectivity index (χ0v) is 17.3. The van der Waals surface area contributed by atoms with E-state index < -0.39 is 12.1 Å². The van der Waals surface area contributed by atoms with Crippen LogP contribution in [0.4, 0.5) is 13.2 Å². The van der Waals surface area contributed by atoms with Crippen molar-refractivity contribution < 1.29 is 32.6 Å². The van der Waals surface area contributed by atoms with E-state index in [1.165, 1.54) is 0 Å². The van der Waals surface area contributed by atoms with E-state index in [-0.39, 0.29) is 5.41 Å². The molecule has 1 N–H and O–H groups in total. The quantitative estimate of drug-likeness (QED) is 0.762. The van der Waals surface area contributed by atoms with Crippen molar-refractivity contribution in [3.63, 3.8) is 0 Å². The molecule has 164 valence electrons. The van der Waals surface area contributed by atoms with Crippen LogP contribution in [0.1, 0.15) is 30.0 Å². The molecule has 1 aromatic rings. The highest BCUT2D eigenvalue weighted by Gasteiger charge is 2.48. The first-order chi connectivity index (χ1) is 13.6. The molecule has 3 heterocycles. The van der Waals surface area contributed by atoms with Gasteiger partial charge in [-0.2, -0.15) is 13.2 Å². The Balaban J connectivity index is 0.000000370. The molecule has 2 aliphatic rings. The molecule has 1 amide bonds. The lowest BCUT2D eigenvalue weighted by molar-refractivity contribution is -0.192. The van der Waals surface area contributed by atoms with Crippen LogP contribution >= 0.6 is 11.3 Å². The SMILES string of the molecule is COCCN1CCC2(CCCN(Cc3csc(C)n3)C2)C1=O.O=C(O)C(F)(F)F. The predicted octanol–water partition coefficient (Wildman–Crippen LogP) is 2.55. The number of hydrogen-bond acceptors (Lipinski definition) is 6. The fraction of sp³-hybridized carbons (Fsp3) is 0.722. The van der Waals surface area contributed by atoms with Crippen molar-refractivity contribution in [3.8, 4) is 0 Å². The van der Waals surface area contributed by atoms with Gasteiger partial charge in [0, 0.05) is 38.7 Å². The monoisotopic (exact) mass is 437 g/mol. The van der Waals surface area contributed by atoms with E-state index in [1.54, 1.807) is 18.4 Å². The minimum absolute atomic E-state index is 0.156. The van der Waals surface area contributed by atoms with Gasteiger partial charge in [0.15, 0.2) is 0 Å². The predicted molar refractivity (Wildman–Crippen MR) is 101 cm³/mol. The van der Waals surface area contributed by atoms with Crippen LogP contribution in [-0.2, 0) is 20.9 Å². The van der Waals surface area contributed by atoms with E-state index in [1.807, 2.05) is 11.8 Å². The molecule has 0 saturated carbocycles. The average Bonchev–Trinajstić information content (AvgIpc) is 3.17. The second-order valence-corrected chi connectivity index (χ2v) is 8.35. The Kier molecular flexibility index (Phi) is 8.01. The third-order valence-corrected chi connectivity index (χ3v) is 5.94. The minimum atomic E-state index is -5.08. The van der Waals surface area contributed by atoms with Crippen LogP contribution in [0.25, 0.3) is 0 Å². The van der Waals surface area contributed by atoms with Gasteiger partial charge in [-0.25, -0.2) is 9.78 Å². The molecular weight excluding hydrogens is 411 g/mol. The van der Waals surface area contributed by atoms with Crippen LogP contribution in [-0.4, -0.2) is 77.8 Å². The Bertz CT molecular complexity index is 713. The number of thiazole rings is 1. The second-order valence-electron chi connectivity index (χ2n) is 7.29. The Hall–Kier alpha value is -1.72. The molecule has 1 spiro atoms. The van der Waals surface area contributed by atoms with Crippen molar-refractivity contribution in [2.24, 2.45) is 5.41 Å². The molecule has 1 aromatic heterocycles. The minimum Gasteiger partial charge on any atom is -0.475 e. The van der Waals surface area contributed by atoms with E-state index >= 15 is 0 Å². The molecule has 0 aromatic carbocycles. The number of aromatic nitrogens is 1. The van der Waals surface area contributed by atoms with Gasteiger partial charge in [-0.3, -0.25) is 9.69 Å². The Morgan fingerprint density at radius 1 is 1.38 bits per heavy atom. The van der Waals surface area contributed by atoms with Crippen molar-refractivity contribution in [1.82, 2.24) is 14.8 Å². The number of carboxylic acids is 1. The van der Waals surface area contributed by atoms with Crippen molar-refractivity contribution in [3.05, 3.63) is 16.1 Å². The summed E-state index contributed by atoms with van der Waals surface area (Å²) in [4.78, 5) is 30.7. The first-order valence-corrected chi connectivity index (χ1v) is 10.2. The number of rotatable bonds is 5. The lowest BCUT2D eigenvalue weighted by Gasteiger charge is -2.38. The number of methoxy groups -OCH3 is 1. The van der Waals surface area contributed by atoms with Gasteiger partial charge >= 0.3 is 12.1 Å². The van der Waals surface area contributed by atoms with Gasteiger partial charge in [0.25, 0.3) is 0 Å². The molecule has 1 atom stereocenters. The van der Waals surface area contributed by atoms with Gasteiger partial charge in [0.1, 0.15) is 0 Å². The van der Waals surface area contributed by atoms with Gasteiger partial charge in [-0.1, -0.05) is 0 Å². The van der Waals surface area contributed by atoms with Crippen LogP contribution in [0, 0.1) is 12.3 Å². The van der Waals surface area contributed by atoms with E-state index in [2.05, 4.69) is 15.3 Å². The highest BCUT2D eigenvalue weighted by atomic mass is 32.1. The van der Waals surface area contributed by atoms with Crippen LogP contribution < -0.4 is 0 Å². The van der Waals surface area contributed by atoms with Crippen LogP contribution in [0.15, 0.2) is 5.38 Å². The summed E-state index contributed by atoms with van der Waals surface area (Å²) in [6.07, 6.45) is -1.96. The average molecular weight is 437 g/mol. The summed E-state index contributed by atoms with van der Waals surface area (Å²) >= 11 is 1.70. The standard InChI is InChI=1S/C16H25N3O2S.C2HF3O2/c1-13-17-14(11-22-13)10-18-6-3-4-16(12-18)5-7-19(15(16)20)8-9-21-2;3-2(4,5)1(6)7/h11H,3-10,12H2,1-2H3;(H,6,7). The first-order valence-electron chi connectivity index (χ1n) is 9.29. The van der Waals surface area contributed by atoms with Crippen LogP contribution in [0.2, 0.25) is 0 Å². The number of alkyl halides is 3. The van der Waals surface area contributed by atoms with Gasteiger partial charge in [0.2, 0.25) is 5.91 Å². The molecule has 0 bridgehead atoms. The highest BCUT2D eigenvalue weighted by Crippen LogP contribution is 2.40. The van der Waals surface area contributed by atoms with Gasteiger partial charge in [0.05, 0.1) is 22.7 Å². The van der Waals surface area contributed by atoms with Crippen LogP contribution in [0.3, 0.4) is 0 Å². The van der Waals surface area contributed by atoms with E-state index in [4.69, 9.17) is 14.6 Å². The summed E-state index contributed by atoms with van der Waals surface area (Å²) < 4.78 is 36.9. The number of carbonyl (C=O) groups is 2. The maximum atomic E-state index is 12.8. The number of ether oxygens (including phenoxy) is 1. The maximum absolute atomic E-state index is 12.8. The summed E-state index contributed by atoms with van der Waals surface area (Å²) in [5, 5.41) is 10.4. The largest absolute Gasteiger partial charge is 0.490 e. The Labute approximate surface area is 171 Å². The fourth-order valence-corrected chi connectivity index (χ4v) is 4.36. The van der Waals surface area contributed by atoms with Crippen molar-refractivity contribution in [2.45, 2.75) is 38.9 Å². The van der Waals surface area contributed by atoms with Crippen molar-refractivity contribution in [2.75, 3.05) is 39.9 Å². The van der Waals surface area contributed by atoms with Gasteiger partial charge in [-0.05, 0) is 32.7 Å². The van der Waals surface area contributed by atoms with E-state index in [9.17, 15) is 18.0 Å². The maximum Gasteiger partial charge on any atom is 0.490 e. The molecule has 2 aliphatic heterocycles. The summed E-state index contributed by atoms with van der Waals surface area (Å²) in [5.74, 6) is -2.42. The zero-order chi connectivity index (χ0) is 21.7. The van der Waals surface area contributed by atoms with E-state index in [0.29, 0.717) is 12.5 Å². The molecular formula is C18H26F3N3O4S. The number of amides is 1. The van der Waals surface area contributed by atoms with Crippen molar-refractivity contribution >= 4 is 23.2 Å². The number of aryl methyl sites for hydroxylation is 1. The number of carboxylic acid groups (broad SMARTS) is 1. The molecule has 0 aliphatic carbocycles. The Morgan fingerprint density at radius 3 is 2.62 bits per heavy atom. The number of aliphatic carboxylic acids is 1. The second kappa shape index (κ2) is 9.86. The number of likely N-dealkylation sites (tertiary alicyclic amines) is 2. The third kappa shape index (κ3) is 6.38. The van der Waals surface area contributed by atoms with Gasteiger partial charge < -0.3 is 14.7 Å². The third-order valence-electron chi connectivity index (χ3n) is 5.12. The molecule has 11 heteroatoms. The zero-order valence-electron chi connectivity index (χ0n) is 16.5. The number of carbonyl (C=O) groups excluding carboxylic acids is 1. The summed E-state index contributed by atoms with van der Waals surface area (Å²) in [7, 11) is 1.69. The number of halogens is 3. The van der Waals surface area contributed by atoms with Crippen molar-refractivity contribution in [1.29, 1.82) is 0 Å². The smallest absolute Gasteiger partial charge is 0.475 e. The van der Waals surface area contributed by atoms with Crippen LogP contribution in [0.5, 0.6) is 0 Å². The van der Waals surface area contributed by atoms with E-state index in [0.717, 1.165) is 62.7 Å². The lowest BCUT2D eigenvalue weighted by atomic mass is 9.78. The Morgan fingerprint density at radius 2 is 2.07 bits per heavy atom. The molecule has 3 rings (SSSR count). The molecule has 7 nitrogen and oxygen atoms in total. The molecule has 2 saturated heterocycles. The molecule has 0 radical (unpaired) electrons. The molecule has 1 unspecified atom stereocenters. The summed E-state index contributed by atoms with van der Waals surface area (Å²) in [6, 6.07) is 0. The molecule has 2 fully saturated rings. The molecule has 29 heavy (non-hydrogen) atoms. The highest BCUT2D eigenvalue weighted by molar-refractivity contribution is 7.09. The number of piperidine rings is 1. The first kappa shape index (κ1) is 23.6. The topological polar surface area (TPSA) is 83.0 Å². The normalized spacial score (nSPS) is 22.7. The van der Waals surface area contributed by atoms with Gasteiger partial charge in [-0.15, -0.1) is 11.3 Å². The number of hydrogen-bond donors (Lipinski definition) is 1. The lowest BCUT2D eigenvalue weighted by Crippen LogP contribution is -2.47. The fourth-order valence-electron chi connectivity index (χ4n) is 3.76.